The fourth-order valence-electron chi connectivity index (χ4n) is 5.63. The minimum Gasteiger partial charge on any atom is -0.459 e. The predicted octanol–water partition coefficient (Wildman–Crippen LogP) is 4.91. The normalized spacial score (nSPS) is 18.9. The van der Waals surface area contributed by atoms with Gasteiger partial charge in [0.05, 0.1) is 6.33 Å². The number of carbonyl (C=O) groups excluding carboxylic acids is 3. The number of carbonyl (C=O) groups is 3. The Kier molecular flexibility index (Phi) is 9.64. The van der Waals surface area contributed by atoms with Crippen LogP contribution in [0.4, 0.5) is 5.82 Å². The molecule has 4 heterocycles. The Morgan fingerprint density at radius 1 is 0.917 bits per heavy atom. The van der Waals surface area contributed by atoms with Gasteiger partial charge in [-0.1, -0.05) is 65.8 Å². The van der Waals surface area contributed by atoms with Crippen LogP contribution in [0.3, 0.4) is 0 Å². The lowest BCUT2D eigenvalue weighted by Crippen LogP contribution is -2.36. The number of anilines is 1. The van der Waals surface area contributed by atoms with Gasteiger partial charge in [-0.05, 0) is 22.7 Å². The molecule has 6 rings (SSSR count). The van der Waals surface area contributed by atoms with E-state index in [1.165, 1.54) is 37.7 Å². The van der Waals surface area contributed by atoms with E-state index in [1.807, 2.05) is 36.4 Å². The van der Waals surface area contributed by atoms with E-state index >= 15 is 0 Å². The van der Waals surface area contributed by atoms with Gasteiger partial charge < -0.3 is 28.8 Å². The Morgan fingerprint density at radius 2 is 1.56 bits per heavy atom. The Bertz CT molecular complexity index is 1880. The summed E-state index contributed by atoms with van der Waals surface area (Å²) in [6.07, 6.45) is -3.05. The topological polar surface area (TPSA) is 170 Å². The van der Waals surface area contributed by atoms with Crippen LogP contribution in [0.1, 0.15) is 61.6 Å². The molecule has 0 saturated carbocycles. The smallest absolute Gasteiger partial charge is 0.303 e. The van der Waals surface area contributed by atoms with E-state index in [9.17, 15) is 14.4 Å². The van der Waals surface area contributed by atoms with Gasteiger partial charge in [-0.15, -0.1) is 0 Å². The first-order valence-electron chi connectivity index (χ1n) is 15.0. The largest absolute Gasteiger partial charge is 0.459 e. The second kappa shape index (κ2) is 14.2. The quantitative estimate of drug-likeness (QED) is 0.114. The maximum Gasteiger partial charge on any atom is 0.303 e. The van der Waals surface area contributed by atoms with Gasteiger partial charge in [0.1, 0.15) is 12.3 Å². The highest BCUT2D eigenvalue weighted by atomic mass is 35.5. The van der Waals surface area contributed by atoms with Crippen LogP contribution in [0.25, 0.3) is 11.2 Å². The van der Waals surface area contributed by atoms with Crippen molar-refractivity contribution < 1.29 is 37.9 Å². The van der Waals surface area contributed by atoms with Crippen molar-refractivity contribution in [2.45, 2.75) is 57.8 Å². The second-order valence-corrected chi connectivity index (χ2v) is 11.4. The second-order valence-electron chi connectivity index (χ2n) is 11.0. The monoisotopic (exact) mass is 674 g/mol. The molecule has 0 radical (unpaired) electrons. The zero-order valence-electron chi connectivity index (χ0n) is 26.1. The molecule has 0 aliphatic carbocycles. The molecule has 14 nitrogen and oxygen atoms in total. The van der Waals surface area contributed by atoms with E-state index in [1.54, 1.807) is 0 Å². The van der Waals surface area contributed by atoms with Crippen LogP contribution in [-0.4, -0.2) is 61.3 Å². The number of esters is 3. The van der Waals surface area contributed by atoms with E-state index in [-0.39, 0.29) is 29.2 Å². The standard InChI is InChI=1S/C33H31ClN6O8/c1-18(41)44-16-23-14-25(48-39-23)27-28(45-19(2)42)29(46-20(3)43)32(47-27)40-17-36-26-30(37-33(34)38-31(26)40)35-15-24(21-10-6-4-7-11-21)22-12-8-5-9-13-22/h4-14,17,24,27-29,32H,15-16H2,1-3H3,(H,35,37,38)/t27-,28+,29-,32-/m1/s1. The van der Waals surface area contributed by atoms with Crippen molar-refractivity contribution in [1.82, 2.24) is 24.7 Å². The van der Waals surface area contributed by atoms with Gasteiger partial charge in [0.15, 0.2) is 47.3 Å². The van der Waals surface area contributed by atoms with Gasteiger partial charge in [0, 0.05) is 39.3 Å². The summed E-state index contributed by atoms with van der Waals surface area (Å²) < 4.78 is 29.7. The summed E-state index contributed by atoms with van der Waals surface area (Å²) in [5.41, 5.74) is 3.15. The SMILES string of the molecule is CC(=O)OCc1cc([C@H]2O[C@@H](n3cnc4c(NCC(c5ccccc5)c5ccccc5)nc(Cl)nc43)[C@H](OC(C)=O)[C@H]2OC(C)=O)on1. The van der Waals surface area contributed by atoms with Gasteiger partial charge in [-0.25, -0.2) is 4.98 Å². The highest BCUT2D eigenvalue weighted by molar-refractivity contribution is 6.28. The summed E-state index contributed by atoms with van der Waals surface area (Å²) >= 11 is 6.45. The molecule has 0 amide bonds. The third-order valence-electron chi connectivity index (χ3n) is 7.62. The fourth-order valence-corrected chi connectivity index (χ4v) is 5.80. The van der Waals surface area contributed by atoms with Gasteiger partial charge in [0.25, 0.3) is 0 Å². The molecule has 1 aliphatic heterocycles. The van der Waals surface area contributed by atoms with Crippen LogP contribution in [0.2, 0.25) is 5.28 Å². The molecule has 2 aromatic carbocycles. The number of rotatable bonds is 11. The molecule has 1 aliphatic rings. The molecule has 0 spiro atoms. The lowest BCUT2D eigenvalue weighted by atomic mass is 9.91. The number of aromatic nitrogens is 5. The summed E-state index contributed by atoms with van der Waals surface area (Å²) in [5, 5.41) is 7.26. The molecule has 15 heteroatoms. The Morgan fingerprint density at radius 3 is 2.19 bits per heavy atom. The number of hydrogen-bond acceptors (Lipinski definition) is 13. The Hall–Kier alpha value is -5.34. The first-order valence-corrected chi connectivity index (χ1v) is 15.4. The van der Waals surface area contributed by atoms with Gasteiger partial charge in [-0.2, -0.15) is 9.97 Å². The Labute approximate surface area is 279 Å². The summed E-state index contributed by atoms with van der Waals surface area (Å²) in [6.45, 7) is 4.02. The zero-order valence-corrected chi connectivity index (χ0v) is 26.9. The lowest BCUT2D eigenvalue weighted by Gasteiger charge is -2.23. The van der Waals surface area contributed by atoms with Crippen molar-refractivity contribution >= 4 is 46.5 Å². The van der Waals surface area contributed by atoms with Crippen molar-refractivity contribution in [3.63, 3.8) is 0 Å². The molecule has 4 atom stereocenters. The van der Waals surface area contributed by atoms with Crippen molar-refractivity contribution in [2.75, 3.05) is 11.9 Å². The molecule has 48 heavy (non-hydrogen) atoms. The maximum atomic E-state index is 12.3. The van der Waals surface area contributed by atoms with Crippen LogP contribution < -0.4 is 5.32 Å². The summed E-state index contributed by atoms with van der Waals surface area (Å²) in [6, 6.07) is 21.6. The maximum absolute atomic E-state index is 12.3. The number of imidazole rings is 1. The third kappa shape index (κ3) is 7.14. The molecule has 0 bridgehead atoms. The van der Waals surface area contributed by atoms with E-state index in [0.717, 1.165) is 11.1 Å². The van der Waals surface area contributed by atoms with Crippen molar-refractivity contribution in [3.05, 3.63) is 101 Å². The molecule has 5 aromatic rings. The van der Waals surface area contributed by atoms with E-state index in [2.05, 4.69) is 49.7 Å². The highest BCUT2D eigenvalue weighted by Gasteiger charge is 2.52. The predicted molar refractivity (Wildman–Crippen MR) is 169 cm³/mol. The zero-order chi connectivity index (χ0) is 33.8. The first kappa shape index (κ1) is 32.6. The molecule has 1 fully saturated rings. The van der Waals surface area contributed by atoms with Crippen LogP contribution in [0.5, 0.6) is 0 Å². The minimum atomic E-state index is -1.17. The van der Waals surface area contributed by atoms with Crippen molar-refractivity contribution in [2.24, 2.45) is 0 Å². The van der Waals surface area contributed by atoms with Gasteiger partial charge in [0.2, 0.25) is 5.28 Å². The van der Waals surface area contributed by atoms with E-state index in [4.69, 9.17) is 35.1 Å². The highest BCUT2D eigenvalue weighted by Crippen LogP contribution is 2.44. The first-order chi connectivity index (χ1) is 23.2. The fraction of sp³-hybridized carbons (Fsp3) is 0.303. The lowest BCUT2D eigenvalue weighted by molar-refractivity contribution is -0.165. The van der Waals surface area contributed by atoms with Crippen LogP contribution in [-0.2, 0) is 39.9 Å². The van der Waals surface area contributed by atoms with E-state index < -0.39 is 42.4 Å². The molecular formula is C33H31ClN6O8. The Balaban J connectivity index is 1.34. The number of hydrogen-bond donors (Lipinski definition) is 1. The summed E-state index contributed by atoms with van der Waals surface area (Å²) in [5.74, 6) is -1.29. The molecule has 248 valence electrons. The average Bonchev–Trinajstić information content (AvgIpc) is 3.78. The van der Waals surface area contributed by atoms with Crippen LogP contribution in [0.15, 0.2) is 77.6 Å². The van der Waals surface area contributed by atoms with Crippen molar-refractivity contribution in [3.8, 4) is 0 Å². The third-order valence-corrected chi connectivity index (χ3v) is 7.79. The van der Waals surface area contributed by atoms with Gasteiger partial charge in [-0.3, -0.25) is 19.0 Å². The summed E-state index contributed by atoms with van der Waals surface area (Å²) in [4.78, 5) is 49.3. The molecule has 3 aromatic heterocycles. The van der Waals surface area contributed by atoms with Crippen LogP contribution >= 0.6 is 11.6 Å². The molecule has 1 saturated heterocycles. The molecular weight excluding hydrogens is 644 g/mol. The number of benzene rings is 2. The van der Waals surface area contributed by atoms with Crippen LogP contribution in [0, 0.1) is 0 Å². The number of halogens is 1. The van der Waals surface area contributed by atoms with E-state index in [0.29, 0.717) is 23.6 Å². The average molecular weight is 675 g/mol. The molecule has 0 unspecified atom stereocenters. The number of fused-ring (bicyclic) bond motifs is 1. The number of nitrogens with one attached hydrogen (secondary N) is 1. The minimum absolute atomic E-state index is 0.0253. The van der Waals surface area contributed by atoms with Gasteiger partial charge >= 0.3 is 17.9 Å². The molecule has 1 N–H and O–H groups in total. The number of nitrogens with zero attached hydrogens (tertiary/aromatic N) is 5. The van der Waals surface area contributed by atoms with Crippen molar-refractivity contribution in [1.29, 1.82) is 0 Å². The summed E-state index contributed by atoms with van der Waals surface area (Å²) in [7, 11) is 0. The number of ether oxygens (including phenoxy) is 4.